The minimum atomic E-state index is -0.164. The number of hydrogen-bond donors (Lipinski definition) is 1. The van der Waals surface area contributed by atoms with Gasteiger partial charge in [-0.3, -0.25) is 14.2 Å². The third kappa shape index (κ3) is 5.15. The van der Waals surface area contributed by atoms with Gasteiger partial charge in [0.2, 0.25) is 5.91 Å². The summed E-state index contributed by atoms with van der Waals surface area (Å²) in [6.07, 6.45) is 0.739. The van der Waals surface area contributed by atoms with Gasteiger partial charge >= 0.3 is 0 Å². The van der Waals surface area contributed by atoms with Crippen molar-refractivity contribution in [3.63, 3.8) is 0 Å². The van der Waals surface area contributed by atoms with Crippen molar-refractivity contribution in [2.45, 2.75) is 18.1 Å². The van der Waals surface area contributed by atoms with Gasteiger partial charge in [-0.05, 0) is 54.3 Å². The lowest BCUT2D eigenvalue weighted by molar-refractivity contribution is -0.113. The Labute approximate surface area is 187 Å². The number of thiophene rings is 1. The highest BCUT2D eigenvalue weighted by atomic mass is 32.2. The maximum absolute atomic E-state index is 13.1. The number of carbonyl (C=O) groups is 1. The van der Waals surface area contributed by atoms with Gasteiger partial charge in [0.05, 0.1) is 23.8 Å². The number of thioether (sulfide) groups is 1. The Bertz CT molecular complexity index is 1240. The maximum Gasteiger partial charge on any atom is 0.262 e. The average Bonchev–Trinajstić information content (AvgIpc) is 3.31. The molecule has 6 nitrogen and oxygen atoms in total. The molecule has 158 valence electrons. The van der Waals surface area contributed by atoms with Crippen LogP contribution >= 0.6 is 23.1 Å². The number of methoxy groups -OCH3 is 1. The number of carbonyl (C=O) groups excluding carboxylic acids is 1. The molecule has 4 rings (SSSR count). The van der Waals surface area contributed by atoms with Gasteiger partial charge < -0.3 is 10.1 Å². The highest BCUT2D eigenvalue weighted by molar-refractivity contribution is 7.99. The Kier molecular flexibility index (Phi) is 6.69. The number of hydrogen-bond acceptors (Lipinski definition) is 6. The van der Waals surface area contributed by atoms with E-state index in [9.17, 15) is 9.59 Å². The van der Waals surface area contributed by atoms with Crippen LogP contribution in [-0.4, -0.2) is 28.3 Å². The van der Waals surface area contributed by atoms with Crippen LogP contribution in [0.2, 0.25) is 0 Å². The van der Waals surface area contributed by atoms with Crippen molar-refractivity contribution >= 4 is 45.6 Å². The Morgan fingerprint density at radius 2 is 1.94 bits per heavy atom. The molecule has 4 aromatic rings. The number of nitrogens with zero attached hydrogens (tertiary/aromatic N) is 2. The number of rotatable bonds is 8. The van der Waals surface area contributed by atoms with E-state index in [1.807, 2.05) is 29.6 Å². The van der Waals surface area contributed by atoms with Crippen molar-refractivity contribution in [2.75, 3.05) is 18.2 Å². The summed E-state index contributed by atoms with van der Waals surface area (Å²) >= 11 is 2.93. The summed E-state index contributed by atoms with van der Waals surface area (Å²) in [4.78, 5) is 31.4. The van der Waals surface area contributed by atoms with E-state index in [4.69, 9.17) is 4.74 Å². The summed E-state index contributed by atoms with van der Waals surface area (Å²) in [5.74, 6) is 0.709. The molecule has 0 fully saturated rings. The molecule has 2 aromatic heterocycles. The second-order valence-corrected chi connectivity index (χ2v) is 8.74. The van der Waals surface area contributed by atoms with Crippen LogP contribution in [0.5, 0.6) is 5.75 Å². The molecule has 0 aliphatic carbocycles. The second kappa shape index (κ2) is 9.80. The molecule has 0 aliphatic rings. The summed E-state index contributed by atoms with van der Waals surface area (Å²) in [5, 5.41) is 6.01. The minimum Gasteiger partial charge on any atom is -0.497 e. The first kappa shape index (κ1) is 21.1. The SMILES string of the molecule is COc1ccc(NC(=O)CSc2nc3ccccc3c(=O)n2CCc2cccs2)cc1. The molecule has 0 spiro atoms. The predicted molar refractivity (Wildman–Crippen MR) is 126 cm³/mol. The van der Waals surface area contributed by atoms with Crippen molar-refractivity contribution in [2.24, 2.45) is 0 Å². The number of nitrogens with one attached hydrogen (secondary N) is 1. The van der Waals surface area contributed by atoms with Crippen molar-refractivity contribution in [3.05, 3.63) is 81.3 Å². The first-order chi connectivity index (χ1) is 15.1. The lowest BCUT2D eigenvalue weighted by Gasteiger charge is -2.13. The van der Waals surface area contributed by atoms with E-state index in [-0.39, 0.29) is 17.2 Å². The molecular weight excluding hydrogens is 430 g/mol. The summed E-state index contributed by atoms with van der Waals surface area (Å²) in [5.41, 5.74) is 1.24. The standard InChI is InChI=1S/C23H21N3O3S2/c1-29-17-10-8-16(9-11-17)24-21(27)15-31-23-25-20-7-3-2-6-19(20)22(28)26(23)13-12-18-5-4-14-30-18/h2-11,14H,12-13,15H2,1H3,(H,24,27). The number of para-hydroxylation sites is 1. The van der Waals surface area contributed by atoms with Crippen LogP contribution in [0.4, 0.5) is 5.69 Å². The molecule has 0 atom stereocenters. The zero-order valence-electron chi connectivity index (χ0n) is 16.9. The molecule has 8 heteroatoms. The molecule has 0 bridgehead atoms. The number of aromatic nitrogens is 2. The number of fused-ring (bicyclic) bond motifs is 1. The Morgan fingerprint density at radius 3 is 2.68 bits per heavy atom. The monoisotopic (exact) mass is 451 g/mol. The first-order valence-corrected chi connectivity index (χ1v) is 11.6. The van der Waals surface area contributed by atoms with Crippen LogP contribution in [0.15, 0.2) is 76.0 Å². The lowest BCUT2D eigenvalue weighted by Crippen LogP contribution is -2.25. The van der Waals surface area contributed by atoms with Crippen molar-refractivity contribution < 1.29 is 9.53 Å². The largest absolute Gasteiger partial charge is 0.497 e. The van der Waals surface area contributed by atoms with Crippen LogP contribution in [-0.2, 0) is 17.8 Å². The van der Waals surface area contributed by atoms with Crippen LogP contribution < -0.4 is 15.6 Å². The zero-order valence-corrected chi connectivity index (χ0v) is 18.5. The molecule has 0 saturated carbocycles. The molecule has 2 heterocycles. The molecule has 31 heavy (non-hydrogen) atoms. The average molecular weight is 452 g/mol. The number of benzene rings is 2. The van der Waals surface area contributed by atoms with E-state index in [2.05, 4.69) is 16.4 Å². The highest BCUT2D eigenvalue weighted by Gasteiger charge is 2.14. The Hall–Kier alpha value is -3.10. The molecule has 0 saturated heterocycles. The van der Waals surface area contributed by atoms with Gasteiger partial charge in [0.1, 0.15) is 5.75 Å². The normalized spacial score (nSPS) is 10.9. The van der Waals surface area contributed by atoms with Crippen molar-refractivity contribution in [1.82, 2.24) is 9.55 Å². The van der Waals surface area contributed by atoms with E-state index in [0.29, 0.717) is 28.3 Å². The highest BCUT2D eigenvalue weighted by Crippen LogP contribution is 2.20. The zero-order chi connectivity index (χ0) is 21.6. The first-order valence-electron chi connectivity index (χ1n) is 9.73. The predicted octanol–water partition coefficient (Wildman–Crippen LogP) is 4.44. The maximum atomic E-state index is 13.1. The van der Waals surface area contributed by atoms with Crippen LogP contribution in [0.3, 0.4) is 0 Å². The smallest absolute Gasteiger partial charge is 0.262 e. The van der Waals surface area contributed by atoms with E-state index in [0.717, 1.165) is 12.2 Å². The number of ether oxygens (including phenoxy) is 1. The van der Waals surface area contributed by atoms with Gasteiger partial charge in [-0.15, -0.1) is 11.3 Å². The lowest BCUT2D eigenvalue weighted by atomic mass is 10.2. The third-order valence-electron chi connectivity index (χ3n) is 4.69. The molecule has 0 aliphatic heterocycles. The van der Waals surface area contributed by atoms with E-state index in [1.165, 1.54) is 16.6 Å². The van der Waals surface area contributed by atoms with E-state index < -0.39 is 0 Å². The number of aryl methyl sites for hydroxylation is 1. The summed E-state index contributed by atoms with van der Waals surface area (Å²) in [7, 11) is 1.60. The van der Waals surface area contributed by atoms with Crippen molar-refractivity contribution in [3.8, 4) is 5.75 Å². The summed E-state index contributed by atoms with van der Waals surface area (Å²) in [6, 6.07) is 18.5. The Morgan fingerprint density at radius 1 is 1.13 bits per heavy atom. The fraction of sp³-hybridized carbons (Fsp3) is 0.174. The van der Waals surface area contributed by atoms with Gasteiger partial charge in [-0.2, -0.15) is 0 Å². The quantitative estimate of drug-likeness (QED) is 0.317. The minimum absolute atomic E-state index is 0.0831. The molecule has 1 N–H and O–H groups in total. The number of amides is 1. The van der Waals surface area contributed by atoms with E-state index in [1.54, 1.807) is 53.3 Å². The van der Waals surface area contributed by atoms with Gasteiger partial charge in [-0.25, -0.2) is 4.98 Å². The van der Waals surface area contributed by atoms with Crippen LogP contribution in [0.1, 0.15) is 4.88 Å². The number of anilines is 1. The van der Waals surface area contributed by atoms with E-state index >= 15 is 0 Å². The van der Waals surface area contributed by atoms with Crippen LogP contribution in [0, 0.1) is 0 Å². The van der Waals surface area contributed by atoms with Gasteiger partial charge in [-0.1, -0.05) is 30.0 Å². The van der Waals surface area contributed by atoms with Gasteiger partial charge in [0.15, 0.2) is 5.16 Å². The molecule has 2 aromatic carbocycles. The molecular formula is C23H21N3O3S2. The summed E-state index contributed by atoms with van der Waals surface area (Å²) in [6.45, 7) is 0.514. The molecule has 1 amide bonds. The summed E-state index contributed by atoms with van der Waals surface area (Å²) < 4.78 is 6.81. The fourth-order valence-electron chi connectivity index (χ4n) is 3.13. The molecule has 0 radical (unpaired) electrons. The van der Waals surface area contributed by atoms with Crippen LogP contribution in [0.25, 0.3) is 10.9 Å². The Balaban J connectivity index is 1.52. The van der Waals surface area contributed by atoms with Crippen molar-refractivity contribution in [1.29, 1.82) is 0 Å². The fourth-order valence-corrected chi connectivity index (χ4v) is 4.66. The second-order valence-electron chi connectivity index (χ2n) is 6.76. The third-order valence-corrected chi connectivity index (χ3v) is 6.61. The topological polar surface area (TPSA) is 73.2 Å². The molecule has 0 unspecified atom stereocenters. The van der Waals surface area contributed by atoms with Gasteiger partial charge in [0, 0.05) is 17.1 Å². The van der Waals surface area contributed by atoms with Gasteiger partial charge in [0.25, 0.3) is 5.56 Å².